The van der Waals surface area contributed by atoms with Crippen LogP contribution in [-0.4, -0.2) is 52.0 Å². The van der Waals surface area contributed by atoms with Crippen molar-refractivity contribution in [1.29, 1.82) is 0 Å². The summed E-state index contributed by atoms with van der Waals surface area (Å²) in [5.74, 6) is 1.54. The van der Waals surface area contributed by atoms with Crippen molar-refractivity contribution in [3.8, 4) is 0 Å². The third kappa shape index (κ3) is 3.84. The average Bonchev–Trinajstić information content (AvgIpc) is 3.45. The van der Waals surface area contributed by atoms with Gasteiger partial charge in [0.15, 0.2) is 5.13 Å². The summed E-state index contributed by atoms with van der Waals surface area (Å²) in [6, 6.07) is 13.8. The summed E-state index contributed by atoms with van der Waals surface area (Å²) in [4.78, 5) is 33.7. The third-order valence-electron chi connectivity index (χ3n) is 5.10. The second kappa shape index (κ2) is 8.11. The minimum Gasteiger partial charge on any atom is -0.353 e. The highest BCUT2D eigenvalue weighted by Gasteiger charge is 2.21. The molecule has 0 unspecified atom stereocenters. The van der Waals surface area contributed by atoms with Gasteiger partial charge in [-0.15, -0.1) is 11.3 Å². The zero-order valence-corrected chi connectivity index (χ0v) is 17.1. The van der Waals surface area contributed by atoms with Crippen molar-refractivity contribution in [2.75, 3.05) is 36.0 Å². The second-order valence-electron chi connectivity index (χ2n) is 7.06. The van der Waals surface area contributed by atoms with Gasteiger partial charge in [0.05, 0.1) is 17.6 Å². The number of thiazole rings is 1. The van der Waals surface area contributed by atoms with Gasteiger partial charge in [0.2, 0.25) is 0 Å². The molecule has 1 fully saturated rings. The first-order chi connectivity index (χ1) is 14.8. The molecule has 1 saturated heterocycles. The number of H-pyrrole nitrogens is 1. The third-order valence-corrected chi connectivity index (χ3v) is 6.00. The van der Waals surface area contributed by atoms with Crippen LogP contribution in [0.1, 0.15) is 16.3 Å². The highest BCUT2D eigenvalue weighted by molar-refractivity contribution is 7.13. The van der Waals surface area contributed by atoms with E-state index in [2.05, 4.69) is 35.1 Å². The molecule has 30 heavy (non-hydrogen) atoms. The van der Waals surface area contributed by atoms with Gasteiger partial charge < -0.3 is 20.1 Å². The number of para-hydroxylation sites is 2. The topological polar surface area (TPSA) is 90.0 Å². The summed E-state index contributed by atoms with van der Waals surface area (Å²) in [5, 5.41) is 5.59. The zero-order chi connectivity index (χ0) is 20.3. The molecule has 9 heteroatoms. The number of piperazine rings is 1. The Hall–Kier alpha value is -3.46. The maximum atomic E-state index is 12.5. The number of aromatic nitrogens is 4. The first kappa shape index (κ1) is 18.6. The summed E-state index contributed by atoms with van der Waals surface area (Å²) in [6.45, 7) is 3.80. The molecule has 152 valence electrons. The molecule has 0 spiro atoms. The number of pyridine rings is 1. The normalized spacial score (nSPS) is 14.3. The van der Waals surface area contributed by atoms with Crippen molar-refractivity contribution < 1.29 is 4.79 Å². The molecule has 0 atom stereocenters. The number of carbonyl (C=O) groups excluding carboxylic acids is 1. The van der Waals surface area contributed by atoms with E-state index in [1.165, 1.54) is 11.3 Å². The largest absolute Gasteiger partial charge is 0.353 e. The minimum absolute atomic E-state index is 0.190. The minimum atomic E-state index is -0.190. The van der Waals surface area contributed by atoms with Crippen molar-refractivity contribution in [3.05, 3.63) is 65.6 Å². The molecule has 1 aliphatic rings. The average molecular weight is 420 g/mol. The molecule has 0 bridgehead atoms. The first-order valence-electron chi connectivity index (χ1n) is 9.84. The van der Waals surface area contributed by atoms with Crippen LogP contribution in [0.3, 0.4) is 0 Å². The lowest BCUT2D eigenvalue weighted by molar-refractivity contribution is 0.0945. The number of amides is 1. The quantitative estimate of drug-likeness (QED) is 0.517. The summed E-state index contributed by atoms with van der Waals surface area (Å²) in [5.41, 5.74) is 2.29. The van der Waals surface area contributed by atoms with E-state index in [4.69, 9.17) is 0 Å². The van der Waals surface area contributed by atoms with Crippen LogP contribution >= 0.6 is 11.3 Å². The Kier molecular flexibility index (Phi) is 5.02. The number of fused-ring (bicyclic) bond motifs is 1. The van der Waals surface area contributed by atoms with Crippen LogP contribution in [0.4, 0.5) is 10.9 Å². The van der Waals surface area contributed by atoms with Gasteiger partial charge in [0, 0.05) is 37.8 Å². The maximum Gasteiger partial charge on any atom is 0.271 e. The van der Waals surface area contributed by atoms with E-state index in [0.717, 1.165) is 54.0 Å². The van der Waals surface area contributed by atoms with Crippen LogP contribution in [0.25, 0.3) is 11.0 Å². The lowest BCUT2D eigenvalue weighted by Crippen LogP contribution is -2.46. The van der Waals surface area contributed by atoms with Gasteiger partial charge in [-0.25, -0.2) is 15.0 Å². The number of imidazole rings is 1. The number of anilines is 2. The Morgan fingerprint density at radius 2 is 1.83 bits per heavy atom. The second-order valence-corrected chi connectivity index (χ2v) is 7.90. The van der Waals surface area contributed by atoms with Crippen LogP contribution in [0.5, 0.6) is 0 Å². The SMILES string of the molecule is O=C(NCc1nc2ccccc2[nH]1)c1csc(N2CCN(c3ccccn3)CC2)n1. The molecule has 3 aromatic heterocycles. The molecule has 2 N–H and O–H groups in total. The van der Waals surface area contributed by atoms with Crippen LogP contribution in [-0.2, 0) is 6.54 Å². The standard InChI is InChI=1S/C21H21N7OS/c29-20(23-13-18-24-15-5-1-2-6-16(15)25-18)17-14-30-21(26-17)28-11-9-27(10-12-28)19-7-3-4-8-22-19/h1-8,14H,9-13H2,(H,23,29)(H,24,25). The Labute approximate surface area is 177 Å². The number of benzene rings is 1. The first-order valence-corrected chi connectivity index (χ1v) is 10.7. The van der Waals surface area contributed by atoms with E-state index >= 15 is 0 Å². The fourth-order valence-electron chi connectivity index (χ4n) is 3.53. The molecule has 4 aromatic rings. The maximum absolute atomic E-state index is 12.5. The van der Waals surface area contributed by atoms with Crippen LogP contribution in [0.15, 0.2) is 54.0 Å². The van der Waals surface area contributed by atoms with E-state index < -0.39 is 0 Å². The Bertz CT molecular complexity index is 1120. The highest BCUT2D eigenvalue weighted by atomic mass is 32.1. The molecule has 0 radical (unpaired) electrons. The number of hydrogen-bond donors (Lipinski definition) is 2. The number of hydrogen-bond acceptors (Lipinski definition) is 7. The highest BCUT2D eigenvalue weighted by Crippen LogP contribution is 2.23. The summed E-state index contributed by atoms with van der Waals surface area (Å²) in [7, 11) is 0. The summed E-state index contributed by atoms with van der Waals surface area (Å²) < 4.78 is 0. The molecular weight excluding hydrogens is 398 g/mol. The number of rotatable bonds is 5. The van der Waals surface area contributed by atoms with Gasteiger partial charge in [-0.3, -0.25) is 4.79 Å². The molecule has 0 aliphatic carbocycles. The molecule has 1 aromatic carbocycles. The fraction of sp³-hybridized carbons (Fsp3) is 0.238. The molecule has 8 nitrogen and oxygen atoms in total. The van der Waals surface area contributed by atoms with Gasteiger partial charge in [-0.2, -0.15) is 0 Å². The van der Waals surface area contributed by atoms with Crippen molar-refractivity contribution in [2.24, 2.45) is 0 Å². The lowest BCUT2D eigenvalue weighted by atomic mass is 10.3. The van der Waals surface area contributed by atoms with Crippen molar-refractivity contribution in [2.45, 2.75) is 6.54 Å². The Morgan fingerprint density at radius 3 is 2.63 bits per heavy atom. The van der Waals surface area contributed by atoms with E-state index in [9.17, 15) is 4.79 Å². The monoisotopic (exact) mass is 419 g/mol. The van der Waals surface area contributed by atoms with E-state index in [1.54, 1.807) is 0 Å². The zero-order valence-electron chi connectivity index (χ0n) is 16.3. The molecule has 4 heterocycles. The van der Waals surface area contributed by atoms with Gasteiger partial charge in [0.25, 0.3) is 5.91 Å². The summed E-state index contributed by atoms with van der Waals surface area (Å²) in [6.07, 6.45) is 1.82. The van der Waals surface area contributed by atoms with Crippen molar-refractivity contribution in [1.82, 2.24) is 25.3 Å². The number of nitrogens with one attached hydrogen (secondary N) is 2. The predicted molar refractivity (Wildman–Crippen MR) is 118 cm³/mol. The lowest BCUT2D eigenvalue weighted by Gasteiger charge is -2.35. The number of aromatic amines is 1. The van der Waals surface area contributed by atoms with Gasteiger partial charge in [-0.1, -0.05) is 18.2 Å². The Morgan fingerprint density at radius 1 is 1.03 bits per heavy atom. The molecular formula is C21H21N7OS. The fourth-order valence-corrected chi connectivity index (χ4v) is 4.38. The molecule has 1 amide bonds. The number of carbonyl (C=O) groups is 1. The van der Waals surface area contributed by atoms with E-state index in [-0.39, 0.29) is 5.91 Å². The van der Waals surface area contributed by atoms with Crippen LogP contribution < -0.4 is 15.1 Å². The van der Waals surface area contributed by atoms with Gasteiger partial charge >= 0.3 is 0 Å². The number of nitrogens with zero attached hydrogens (tertiary/aromatic N) is 5. The van der Waals surface area contributed by atoms with Crippen molar-refractivity contribution >= 4 is 39.2 Å². The van der Waals surface area contributed by atoms with Crippen molar-refractivity contribution in [3.63, 3.8) is 0 Å². The van der Waals surface area contributed by atoms with Gasteiger partial charge in [0.1, 0.15) is 17.3 Å². The Balaban J connectivity index is 1.17. The molecule has 5 rings (SSSR count). The predicted octanol–water partition coefficient (Wildman–Crippen LogP) is 2.67. The summed E-state index contributed by atoms with van der Waals surface area (Å²) >= 11 is 1.50. The van der Waals surface area contributed by atoms with Crippen LogP contribution in [0.2, 0.25) is 0 Å². The van der Waals surface area contributed by atoms with Crippen LogP contribution in [0, 0.1) is 0 Å². The smallest absolute Gasteiger partial charge is 0.271 e. The van der Waals surface area contributed by atoms with Gasteiger partial charge in [-0.05, 0) is 24.3 Å². The van der Waals surface area contributed by atoms with E-state index in [0.29, 0.717) is 12.2 Å². The molecule has 1 aliphatic heterocycles. The molecule has 0 saturated carbocycles. The van der Waals surface area contributed by atoms with E-state index in [1.807, 2.05) is 54.0 Å².